The fourth-order valence-corrected chi connectivity index (χ4v) is 4.76. The lowest BCUT2D eigenvalue weighted by Crippen LogP contribution is -2.34. The fourth-order valence-electron chi connectivity index (χ4n) is 4.76. The highest BCUT2D eigenvalue weighted by atomic mass is 16.5. The van der Waals surface area contributed by atoms with E-state index in [1.807, 2.05) is 73.3 Å². The molecule has 2 heterocycles. The van der Waals surface area contributed by atoms with Crippen molar-refractivity contribution in [3.63, 3.8) is 0 Å². The van der Waals surface area contributed by atoms with Crippen molar-refractivity contribution in [3.05, 3.63) is 155 Å². The lowest BCUT2D eigenvalue weighted by atomic mass is 9.83. The largest absolute Gasteiger partial charge is 0.456 e. The predicted octanol–water partition coefficient (Wildman–Crippen LogP) is 4.93. The zero-order valence-electron chi connectivity index (χ0n) is 20.1. The first kappa shape index (κ1) is 22.6. The molecule has 1 aliphatic rings. The number of carbonyl (C=O) groups is 2. The van der Waals surface area contributed by atoms with E-state index in [0.717, 1.165) is 17.7 Å². The molecule has 5 heteroatoms. The Morgan fingerprint density at radius 3 is 1.86 bits per heavy atom. The highest BCUT2D eigenvalue weighted by molar-refractivity contribution is 6.29. The van der Waals surface area contributed by atoms with Crippen molar-refractivity contribution in [3.8, 4) is 11.5 Å². The van der Waals surface area contributed by atoms with Crippen LogP contribution in [0.25, 0.3) is 0 Å². The minimum Gasteiger partial charge on any atom is -0.456 e. The summed E-state index contributed by atoms with van der Waals surface area (Å²) in [7, 11) is 0. The molecule has 0 saturated heterocycles. The number of benzene rings is 3. The van der Waals surface area contributed by atoms with Crippen molar-refractivity contribution >= 4 is 11.6 Å². The van der Waals surface area contributed by atoms with Gasteiger partial charge in [0.25, 0.3) is 0 Å². The van der Waals surface area contributed by atoms with E-state index in [9.17, 15) is 9.59 Å². The van der Waals surface area contributed by atoms with Gasteiger partial charge < -0.3 is 4.74 Å². The summed E-state index contributed by atoms with van der Waals surface area (Å²) in [4.78, 5) is 26.6. The second kappa shape index (κ2) is 9.63. The van der Waals surface area contributed by atoms with E-state index in [2.05, 4.69) is 15.2 Å². The van der Waals surface area contributed by atoms with Gasteiger partial charge in [-0.2, -0.15) is 0 Å². The Hall–Kier alpha value is -4.90. The highest BCUT2D eigenvalue weighted by Gasteiger charge is 2.32. The van der Waals surface area contributed by atoms with Crippen molar-refractivity contribution < 1.29 is 23.5 Å². The number of pyridine rings is 2. The van der Waals surface area contributed by atoms with E-state index in [1.54, 1.807) is 42.5 Å². The van der Waals surface area contributed by atoms with Gasteiger partial charge in [0.2, 0.25) is 0 Å². The van der Waals surface area contributed by atoms with Crippen LogP contribution in [-0.2, 0) is 13.1 Å². The molecule has 0 amide bonds. The number of rotatable bonds is 6. The first-order chi connectivity index (χ1) is 18.2. The second-order valence-electron chi connectivity index (χ2n) is 9.02. The van der Waals surface area contributed by atoms with Crippen LogP contribution in [0.1, 0.15) is 43.0 Å². The van der Waals surface area contributed by atoms with Crippen LogP contribution in [0.3, 0.4) is 0 Å². The third kappa shape index (κ3) is 4.43. The van der Waals surface area contributed by atoms with Crippen molar-refractivity contribution in [2.24, 2.45) is 0 Å². The zero-order valence-corrected chi connectivity index (χ0v) is 20.1. The van der Waals surface area contributed by atoms with Crippen LogP contribution < -0.4 is 13.9 Å². The molecule has 0 aliphatic heterocycles. The van der Waals surface area contributed by atoms with Gasteiger partial charge in [0, 0.05) is 46.5 Å². The van der Waals surface area contributed by atoms with E-state index < -0.39 is 0 Å². The standard InChI is InChI=1S/C32H24N2O3/c35-31-25-10-3-4-11-26(25)32(36)30-27(31)12-9-13-29(30)37-28-15-14-23(21-33-16-5-1-6-17-33)20-24(28)22-34-18-7-2-8-19-34/h1-20H,21-22H2/q+2. The van der Waals surface area contributed by atoms with Crippen LogP contribution in [-0.4, -0.2) is 11.6 Å². The molecule has 0 radical (unpaired) electrons. The van der Waals surface area contributed by atoms with Gasteiger partial charge >= 0.3 is 0 Å². The molecule has 0 saturated carbocycles. The summed E-state index contributed by atoms with van der Waals surface area (Å²) in [5.74, 6) is 0.670. The van der Waals surface area contributed by atoms with Gasteiger partial charge in [-0.05, 0) is 24.3 Å². The third-order valence-corrected chi connectivity index (χ3v) is 6.53. The molecule has 0 bridgehead atoms. The fraction of sp³-hybridized carbons (Fsp3) is 0.0625. The molecule has 2 aromatic heterocycles. The minimum atomic E-state index is -0.197. The maximum atomic E-state index is 13.5. The molecule has 3 aromatic carbocycles. The molecule has 0 atom stereocenters. The van der Waals surface area contributed by atoms with Crippen molar-refractivity contribution in [2.75, 3.05) is 0 Å². The normalized spacial score (nSPS) is 12.1. The smallest absolute Gasteiger partial charge is 0.198 e. The maximum absolute atomic E-state index is 13.5. The Bertz CT molecular complexity index is 1630. The number of carbonyl (C=O) groups excluding carboxylic acids is 2. The first-order valence-corrected chi connectivity index (χ1v) is 12.2. The summed E-state index contributed by atoms with van der Waals surface area (Å²) in [6.45, 7) is 1.31. The summed E-state index contributed by atoms with van der Waals surface area (Å²) < 4.78 is 10.6. The van der Waals surface area contributed by atoms with E-state index >= 15 is 0 Å². The lowest BCUT2D eigenvalue weighted by molar-refractivity contribution is -0.689. The van der Waals surface area contributed by atoms with Gasteiger partial charge in [-0.1, -0.05) is 48.5 Å². The SMILES string of the molecule is O=C1c2ccccc2C(=O)c2c(Oc3ccc(C[n+]4ccccc4)cc3C[n+]3ccccc3)cccc21. The van der Waals surface area contributed by atoms with Crippen LogP contribution in [0.5, 0.6) is 11.5 Å². The molecule has 0 fully saturated rings. The maximum Gasteiger partial charge on any atom is 0.198 e. The highest BCUT2D eigenvalue weighted by Crippen LogP contribution is 2.36. The molecule has 6 rings (SSSR count). The number of nitrogens with zero attached hydrogens (tertiary/aromatic N) is 2. The van der Waals surface area contributed by atoms with Gasteiger partial charge in [-0.15, -0.1) is 0 Å². The Morgan fingerprint density at radius 2 is 1.16 bits per heavy atom. The van der Waals surface area contributed by atoms with Crippen molar-refractivity contribution in [2.45, 2.75) is 13.1 Å². The topological polar surface area (TPSA) is 51.1 Å². The Balaban J connectivity index is 1.40. The van der Waals surface area contributed by atoms with Crippen LogP contribution >= 0.6 is 0 Å². The molecule has 5 nitrogen and oxygen atoms in total. The Morgan fingerprint density at radius 1 is 0.541 bits per heavy atom. The molecular formula is C32H24N2O3+2. The monoisotopic (exact) mass is 484 g/mol. The molecule has 0 unspecified atom stereocenters. The molecule has 1 aliphatic carbocycles. The average molecular weight is 485 g/mol. The second-order valence-corrected chi connectivity index (χ2v) is 9.02. The van der Waals surface area contributed by atoms with E-state index in [4.69, 9.17) is 4.74 Å². The van der Waals surface area contributed by atoms with Gasteiger partial charge in [0.1, 0.15) is 11.5 Å². The molecule has 0 spiro atoms. The van der Waals surface area contributed by atoms with Crippen LogP contribution in [0, 0.1) is 0 Å². The van der Waals surface area contributed by atoms with E-state index in [1.165, 1.54) is 0 Å². The number of hydrogen-bond acceptors (Lipinski definition) is 3. The molecule has 37 heavy (non-hydrogen) atoms. The number of hydrogen-bond donors (Lipinski definition) is 0. The summed E-state index contributed by atoms with van der Waals surface area (Å²) >= 11 is 0. The van der Waals surface area contributed by atoms with Crippen LogP contribution in [0.15, 0.2) is 122 Å². The molecule has 178 valence electrons. The third-order valence-electron chi connectivity index (χ3n) is 6.53. The van der Waals surface area contributed by atoms with Gasteiger partial charge in [-0.25, -0.2) is 9.13 Å². The van der Waals surface area contributed by atoms with E-state index in [0.29, 0.717) is 40.3 Å². The minimum absolute atomic E-state index is 0.161. The summed E-state index contributed by atoms with van der Waals surface area (Å²) in [6, 6.07) is 30.2. The van der Waals surface area contributed by atoms with E-state index in [-0.39, 0.29) is 11.6 Å². The Labute approximate surface area is 214 Å². The number of ketones is 2. The summed E-state index contributed by atoms with van der Waals surface area (Å²) in [5.41, 5.74) is 3.63. The average Bonchev–Trinajstić information content (AvgIpc) is 2.94. The van der Waals surface area contributed by atoms with Crippen LogP contribution in [0.2, 0.25) is 0 Å². The number of aromatic nitrogens is 2. The number of fused-ring (bicyclic) bond motifs is 2. The van der Waals surface area contributed by atoms with Gasteiger partial charge in [0.15, 0.2) is 49.4 Å². The predicted molar refractivity (Wildman–Crippen MR) is 138 cm³/mol. The Kier molecular flexibility index (Phi) is 5.87. The lowest BCUT2D eigenvalue weighted by Gasteiger charge is -2.20. The van der Waals surface area contributed by atoms with Gasteiger partial charge in [-0.3, -0.25) is 9.59 Å². The van der Waals surface area contributed by atoms with Crippen LogP contribution in [0.4, 0.5) is 0 Å². The first-order valence-electron chi connectivity index (χ1n) is 12.2. The van der Waals surface area contributed by atoms with Gasteiger partial charge in [0.05, 0.1) is 11.1 Å². The molecular weight excluding hydrogens is 460 g/mol. The quantitative estimate of drug-likeness (QED) is 0.315. The summed E-state index contributed by atoms with van der Waals surface area (Å²) in [5, 5.41) is 0. The zero-order chi connectivity index (χ0) is 25.2. The molecule has 5 aromatic rings. The van der Waals surface area contributed by atoms with Crippen molar-refractivity contribution in [1.29, 1.82) is 0 Å². The summed E-state index contributed by atoms with van der Waals surface area (Å²) in [6.07, 6.45) is 8.08. The van der Waals surface area contributed by atoms with Crippen molar-refractivity contribution in [1.82, 2.24) is 0 Å². The number of ether oxygens (including phenoxy) is 1. The molecule has 0 N–H and O–H groups in total.